The Bertz CT molecular complexity index is 2090. The molecular formula is C35H47ClN8O8S2. The van der Waals surface area contributed by atoms with Crippen molar-refractivity contribution in [2.45, 2.75) is 81.6 Å². The van der Waals surface area contributed by atoms with Crippen LogP contribution in [0.5, 0.6) is 0 Å². The highest BCUT2D eigenvalue weighted by Crippen LogP contribution is 2.44. The summed E-state index contributed by atoms with van der Waals surface area (Å²) in [5, 5.41) is 11.5. The van der Waals surface area contributed by atoms with E-state index in [4.69, 9.17) is 11.6 Å². The summed E-state index contributed by atoms with van der Waals surface area (Å²) in [7, 11) is -6.75. The lowest BCUT2D eigenvalue weighted by Crippen LogP contribution is -2.57. The Balaban J connectivity index is 1.19. The van der Waals surface area contributed by atoms with Gasteiger partial charge in [0.15, 0.2) is 0 Å². The molecule has 2 aliphatic carbocycles. The maximum absolute atomic E-state index is 13.3. The van der Waals surface area contributed by atoms with Crippen molar-refractivity contribution in [1.82, 2.24) is 30.3 Å². The second-order valence-electron chi connectivity index (χ2n) is 15.0. The topological polar surface area (TPSA) is 224 Å². The Hall–Kier alpha value is -4.29. The van der Waals surface area contributed by atoms with Gasteiger partial charge in [0.05, 0.1) is 0 Å². The van der Waals surface area contributed by atoms with Gasteiger partial charge < -0.3 is 31.5 Å². The van der Waals surface area contributed by atoms with E-state index in [1.807, 2.05) is 20.8 Å². The fraction of sp³-hybridized carbons (Fsp3) is 0.543. The normalized spacial score (nSPS) is 20.7. The number of anilines is 2. The summed E-state index contributed by atoms with van der Waals surface area (Å²) in [6.07, 6.45) is 4.55. The van der Waals surface area contributed by atoms with Crippen LogP contribution < -0.4 is 36.0 Å². The molecule has 2 saturated heterocycles. The van der Waals surface area contributed by atoms with Crippen molar-refractivity contribution in [2.75, 3.05) is 43.9 Å². The molecule has 0 bridgehead atoms. The van der Waals surface area contributed by atoms with Gasteiger partial charge in [-0.2, -0.15) is 0 Å². The lowest BCUT2D eigenvalue weighted by atomic mass is 9.85. The number of nitrogens with one attached hydrogen (secondary N) is 7. The van der Waals surface area contributed by atoms with Crippen molar-refractivity contribution in [3.05, 3.63) is 56.6 Å². The van der Waals surface area contributed by atoms with Gasteiger partial charge in [-0.25, -0.2) is 45.5 Å². The molecule has 0 radical (unpaired) electrons. The predicted octanol–water partition coefficient (Wildman–Crippen LogP) is 3.47. The highest BCUT2D eigenvalue weighted by Gasteiger charge is 2.36. The summed E-state index contributed by atoms with van der Waals surface area (Å²) in [6, 6.07) is 3.10. The molecule has 6 rings (SSSR count). The zero-order chi connectivity index (χ0) is 39.1. The highest BCUT2D eigenvalue weighted by atomic mass is 35.5. The summed E-state index contributed by atoms with van der Waals surface area (Å²) in [6.45, 7) is 5.50. The Morgan fingerprint density at radius 2 is 1.43 bits per heavy atom. The fourth-order valence-electron chi connectivity index (χ4n) is 7.99. The van der Waals surface area contributed by atoms with E-state index in [1.165, 1.54) is 11.9 Å². The minimum Gasteiger partial charge on any atom is -0.337 e. The SMILES string of the molecule is CC(C)c1cc(Cl)cc(C(C)CC2Cc3cc4c(c(NC(=O)NS(=O)(=O)C5CNC(=O)N(C)C5)c3C2)CCC4)c1NC(=O)NS(=O)(=O)C1CNC(=O)NC1. The van der Waals surface area contributed by atoms with E-state index in [0.29, 0.717) is 29.2 Å². The molecule has 0 spiro atoms. The average Bonchev–Trinajstić information content (AvgIpc) is 3.72. The van der Waals surface area contributed by atoms with Crippen molar-refractivity contribution in [3.8, 4) is 0 Å². The number of amides is 8. The molecule has 294 valence electrons. The van der Waals surface area contributed by atoms with E-state index in [9.17, 15) is 36.0 Å². The molecule has 19 heteroatoms. The number of rotatable bonds is 10. The Labute approximate surface area is 320 Å². The molecule has 2 aromatic rings. The van der Waals surface area contributed by atoms with Gasteiger partial charge in [-0.15, -0.1) is 0 Å². The second kappa shape index (κ2) is 15.5. The first-order chi connectivity index (χ1) is 25.4. The van der Waals surface area contributed by atoms with Gasteiger partial charge in [0, 0.05) is 49.6 Å². The third kappa shape index (κ3) is 8.49. The van der Waals surface area contributed by atoms with E-state index in [0.717, 1.165) is 59.1 Å². The van der Waals surface area contributed by atoms with Crippen LogP contribution in [0.3, 0.4) is 0 Å². The molecule has 3 unspecified atom stereocenters. The molecule has 0 saturated carbocycles. The number of urea groups is 4. The number of carbonyl (C=O) groups excluding carboxylic acids is 4. The summed E-state index contributed by atoms with van der Waals surface area (Å²) < 4.78 is 56.5. The molecule has 16 nitrogen and oxygen atoms in total. The number of sulfonamides is 2. The van der Waals surface area contributed by atoms with Crippen LogP contribution in [-0.2, 0) is 45.7 Å². The number of halogens is 1. The molecule has 0 aromatic heterocycles. The Morgan fingerprint density at radius 1 is 0.815 bits per heavy atom. The van der Waals surface area contributed by atoms with Crippen LogP contribution in [0.25, 0.3) is 0 Å². The van der Waals surface area contributed by atoms with Crippen molar-refractivity contribution >= 4 is 67.1 Å². The van der Waals surface area contributed by atoms with Crippen LogP contribution >= 0.6 is 11.6 Å². The molecule has 4 aliphatic rings. The standard InChI is InChI=1S/C35H47ClN8O8S2/c1-18(2)27-12-23(36)13-28(31(27)41-34(47)42-53(49,50)24-14-37-32(45)38-15-24)19(3)8-20-9-22-11-21-6-5-7-26(21)30(29(22)10-20)40-33(46)43-54(51,52)25-16-39-35(48)44(4)17-25/h11-13,18-20,24-25H,5-10,14-17H2,1-4H3,(H,39,48)(H2,37,38,45)(H2,40,43,46)(H2,41,42,47). The quantitative estimate of drug-likeness (QED) is 0.188. The largest absolute Gasteiger partial charge is 0.337 e. The molecule has 8 amide bonds. The summed E-state index contributed by atoms with van der Waals surface area (Å²) in [5.74, 6) is -0.0846. The van der Waals surface area contributed by atoms with Crippen LogP contribution in [-0.4, -0.2) is 89.6 Å². The van der Waals surface area contributed by atoms with Gasteiger partial charge in [-0.3, -0.25) is 0 Å². The van der Waals surface area contributed by atoms with Gasteiger partial charge in [-0.1, -0.05) is 38.4 Å². The highest BCUT2D eigenvalue weighted by molar-refractivity contribution is 7.91. The fourth-order valence-corrected chi connectivity index (χ4v) is 10.5. The van der Waals surface area contributed by atoms with E-state index < -0.39 is 48.6 Å². The van der Waals surface area contributed by atoms with Gasteiger partial charge >= 0.3 is 24.1 Å². The van der Waals surface area contributed by atoms with Gasteiger partial charge in [0.1, 0.15) is 10.5 Å². The average molecular weight is 807 g/mol. The van der Waals surface area contributed by atoms with Gasteiger partial charge in [0.2, 0.25) is 20.0 Å². The van der Waals surface area contributed by atoms with Gasteiger partial charge in [-0.05, 0) is 102 Å². The molecule has 7 N–H and O–H groups in total. The zero-order valence-electron chi connectivity index (χ0n) is 30.6. The number of hydrogen-bond donors (Lipinski definition) is 7. The van der Waals surface area contributed by atoms with E-state index >= 15 is 0 Å². The van der Waals surface area contributed by atoms with Crippen LogP contribution in [0, 0.1) is 5.92 Å². The summed E-state index contributed by atoms with van der Waals surface area (Å²) >= 11 is 6.62. The number of benzene rings is 2. The van der Waals surface area contributed by atoms with Crippen molar-refractivity contribution < 1.29 is 36.0 Å². The smallest absolute Gasteiger partial charge is 0.332 e. The number of carbonyl (C=O) groups is 4. The van der Waals surface area contributed by atoms with Crippen LogP contribution in [0.2, 0.25) is 5.02 Å². The van der Waals surface area contributed by atoms with E-state index in [-0.39, 0.29) is 50.0 Å². The molecular weight excluding hydrogens is 760 g/mol. The second-order valence-corrected chi connectivity index (χ2v) is 19.4. The molecule has 2 fully saturated rings. The lowest BCUT2D eigenvalue weighted by Gasteiger charge is -2.30. The lowest BCUT2D eigenvalue weighted by molar-refractivity contribution is 0.199. The van der Waals surface area contributed by atoms with Crippen LogP contribution in [0.1, 0.15) is 78.8 Å². The van der Waals surface area contributed by atoms with Gasteiger partial charge in [0.25, 0.3) is 0 Å². The molecule has 2 heterocycles. The van der Waals surface area contributed by atoms with Crippen LogP contribution in [0.4, 0.5) is 30.6 Å². The predicted molar refractivity (Wildman–Crippen MR) is 205 cm³/mol. The Kier molecular flexibility index (Phi) is 11.3. The Morgan fingerprint density at radius 3 is 2.07 bits per heavy atom. The first-order valence-corrected chi connectivity index (χ1v) is 21.5. The van der Waals surface area contributed by atoms with E-state index in [2.05, 4.69) is 42.1 Å². The maximum Gasteiger partial charge on any atom is 0.332 e. The molecule has 3 atom stereocenters. The summed E-state index contributed by atoms with van der Waals surface area (Å²) in [5.41, 5.74) is 6.81. The monoisotopic (exact) mass is 806 g/mol. The zero-order valence-corrected chi connectivity index (χ0v) is 33.0. The first kappa shape index (κ1) is 39.4. The maximum atomic E-state index is 13.3. The van der Waals surface area contributed by atoms with Crippen molar-refractivity contribution in [1.29, 1.82) is 0 Å². The third-order valence-electron chi connectivity index (χ3n) is 10.7. The number of hydrogen-bond acceptors (Lipinski definition) is 8. The number of nitrogens with zero attached hydrogens (tertiary/aromatic N) is 1. The van der Waals surface area contributed by atoms with Crippen LogP contribution in [0.15, 0.2) is 18.2 Å². The number of fused-ring (bicyclic) bond motifs is 2. The molecule has 54 heavy (non-hydrogen) atoms. The van der Waals surface area contributed by atoms with Crippen molar-refractivity contribution in [3.63, 3.8) is 0 Å². The van der Waals surface area contributed by atoms with E-state index in [1.54, 1.807) is 12.1 Å². The third-order valence-corrected chi connectivity index (χ3v) is 14.3. The minimum absolute atomic E-state index is 0.0458. The molecule has 2 aliphatic heterocycles. The molecule has 2 aromatic carbocycles. The summed E-state index contributed by atoms with van der Waals surface area (Å²) in [4.78, 5) is 51.1. The first-order valence-electron chi connectivity index (χ1n) is 18.1. The van der Waals surface area contributed by atoms with Crippen molar-refractivity contribution in [2.24, 2.45) is 5.92 Å². The number of aryl methyl sites for hydroxylation is 1. The minimum atomic E-state index is -4.14.